The molecule has 18 heavy (non-hydrogen) atoms. The molecule has 2 heterocycles. The van der Waals surface area contributed by atoms with Gasteiger partial charge in [-0.2, -0.15) is 0 Å². The first-order valence-electron chi connectivity index (χ1n) is 6.11. The van der Waals surface area contributed by atoms with Crippen LogP contribution in [0.4, 0.5) is 0 Å². The summed E-state index contributed by atoms with van der Waals surface area (Å²) >= 11 is 0. The number of hydrogen-bond acceptors (Lipinski definition) is 4. The van der Waals surface area contributed by atoms with Gasteiger partial charge in [0, 0.05) is 30.2 Å². The van der Waals surface area contributed by atoms with E-state index in [9.17, 15) is 9.00 Å². The summed E-state index contributed by atoms with van der Waals surface area (Å²) in [7, 11) is -1.11. The minimum atomic E-state index is -1.11. The summed E-state index contributed by atoms with van der Waals surface area (Å²) < 4.78 is 23.2. The molecule has 2 aliphatic heterocycles. The number of carbonyl (C=O) groups excluding carboxylic acids is 1. The molecule has 0 fully saturated rings. The molecule has 1 aromatic carbocycles. The van der Waals surface area contributed by atoms with Crippen LogP contribution in [-0.4, -0.2) is 29.0 Å². The third kappa shape index (κ3) is 2.03. The molecule has 0 amide bonds. The van der Waals surface area contributed by atoms with E-state index in [0.717, 1.165) is 6.42 Å². The Balaban J connectivity index is 2.14. The van der Waals surface area contributed by atoms with Gasteiger partial charge in [-0.25, -0.2) is 0 Å². The van der Waals surface area contributed by atoms with Crippen molar-refractivity contribution in [1.29, 1.82) is 0 Å². The average Bonchev–Trinajstić information content (AvgIpc) is 2.67. The van der Waals surface area contributed by atoms with Crippen LogP contribution in [0, 0.1) is 0 Å². The number of Topliss-reactive ketones (excluding diaryl/α,β-unsaturated/α-hetero) is 1. The van der Waals surface area contributed by atoms with E-state index < -0.39 is 10.8 Å². The smallest absolute Gasteiger partial charge is 0.164 e. The minimum absolute atomic E-state index is 0.0477. The first kappa shape index (κ1) is 11.7. The van der Waals surface area contributed by atoms with Crippen molar-refractivity contribution < 1.29 is 18.5 Å². The predicted octanol–water partition coefficient (Wildman–Crippen LogP) is 1.93. The van der Waals surface area contributed by atoms with E-state index in [1.165, 1.54) is 0 Å². The highest BCUT2D eigenvalue weighted by Crippen LogP contribution is 2.36. The lowest BCUT2D eigenvalue weighted by Gasteiger charge is -2.11. The summed E-state index contributed by atoms with van der Waals surface area (Å²) in [5, 5.41) is 0. The Kier molecular flexibility index (Phi) is 3.07. The van der Waals surface area contributed by atoms with Crippen molar-refractivity contribution in [3.05, 3.63) is 17.7 Å². The first-order valence-corrected chi connectivity index (χ1v) is 7.43. The van der Waals surface area contributed by atoms with Gasteiger partial charge in [-0.05, 0) is 12.5 Å². The van der Waals surface area contributed by atoms with Gasteiger partial charge in [-0.15, -0.1) is 0 Å². The molecule has 2 aliphatic rings. The fourth-order valence-electron chi connectivity index (χ4n) is 2.20. The largest absolute Gasteiger partial charge is 0.490 e. The minimum Gasteiger partial charge on any atom is -0.490 e. The molecule has 96 valence electrons. The molecule has 1 aromatic rings. The van der Waals surface area contributed by atoms with E-state index in [4.69, 9.17) is 9.47 Å². The maximum absolute atomic E-state index is 12.1. The van der Waals surface area contributed by atoms with Gasteiger partial charge < -0.3 is 9.47 Å². The Bertz CT molecular complexity index is 479. The molecule has 5 heteroatoms. The Morgan fingerprint density at radius 1 is 1.06 bits per heavy atom. The van der Waals surface area contributed by atoms with Crippen LogP contribution in [-0.2, 0) is 10.8 Å². The second kappa shape index (κ2) is 4.72. The summed E-state index contributed by atoms with van der Waals surface area (Å²) in [6.07, 6.45) is 1.95. The summed E-state index contributed by atoms with van der Waals surface area (Å²) in [6, 6.07) is 3.41. The summed E-state index contributed by atoms with van der Waals surface area (Å²) in [6.45, 7) is 1.18. The van der Waals surface area contributed by atoms with Crippen LogP contribution in [0.25, 0.3) is 0 Å². The summed E-state index contributed by atoms with van der Waals surface area (Å²) in [4.78, 5) is 12.6. The molecule has 0 spiro atoms. The Hall–Kier alpha value is -1.36. The lowest BCUT2D eigenvalue weighted by molar-refractivity contribution is 0.0979. The van der Waals surface area contributed by atoms with Crippen LogP contribution in [0.15, 0.2) is 17.0 Å². The SMILES string of the molecule is O=C1CCCS(=O)c2cc3c(cc21)OCCCO3. The Morgan fingerprint density at radius 3 is 2.56 bits per heavy atom. The van der Waals surface area contributed by atoms with Gasteiger partial charge in [0.1, 0.15) is 0 Å². The Morgan fingerprint density at radius 2 is 1.78 bits per heavy atom. The van der Waals surface area contributed by atoms with Crippen molar-refractivity contribution in [2.75, 3.05) is 19.0 Å². The van der Waals surface area contributed by atoms with Crippen LogP contribution in [0.2, 0.25) is 0 Å². The van der Waals surface area contributed by atoms with Gasteiger partial charge in [0.2, 0.25) is 0 Å². The third-order valence-electron chi connectivity index (χ3n) is 3.13. The van der Waals surface area contributed by atoms with Gasteiger partial charge >= 0.3 is 0 Å². The molecule has 1 unspecified atom stereocenters. The molecule has 0 saturated heterocycles. The van der Waals surface area contributed by atoms with E-state index in [-0.39, 0.29) is 5.78 Å². The lowest BCUT2D eigenvalue weighted by atomic mass is 10.1. The molecule has 0 aliphatic carbocycles. The number of fused-ring (bicyclic) bond motifs is 2. The predicted molar refractivity (Wildman–Crippen MR) is 66.9 cm³/mol. The highest BCUT2D eigenvalue weighted by atomic mass is 32.2. The standard InChI is InChI=1S/C13H14O4S/c14-10-3-1-6-18(15)13-8-12-11(7-9(10)13)16-4-2-5-17-12/h7-8H,1-6H2. The number of carbonyl (C=O) groups is 1. The quantitative estimate of drug-likeness (QED) is 0.720. The van der Waals surface area contributed by atoms with Crippen molar-refractivity contribution in [2.45, 2.75) is 24.2 Å². The van der Waals surface area contributed by atoms with E-state index in [1.54, 1.807) is 12.1 Å². The maximum Gasteiger partial charge on any atom is 0.164 e. The molecular weight excluding hydrogens is 252 g/mol. The second-order valence-electron chi connectivity index (χ2n) is 4.42. The van der Waals surface area contributed by atoms with Crippen molar-refractivity contribution in [3.8, 4) is 11.5 Å². The number of benzene rings is 1. The first-order chi connectivity index (χ1) is 8.75. The van der Waals surface area contributed by atoms with Gasteiger partial charge in [-0.3, -0.25) is 9.00 Å². The Labute approximate surface area is 108 Å². The lowest BCUT2D eigenvalue weighted by Crippen LogP contribution is -2.03. The van der Waals surface area contributed by atoms with Crippen LogP contribution >= 0.6 is 0 Å². The molecule has 0 radical (unpaired) electrons. The molecule has 0 aromatic heterocycles. The fraction of sp³-hybridized carbons (Fsp3) is 0.462. The zero-order chi connectivity index (χ0) is 12.5. The monoisotopic (exact) mass is 266 g/mol. The zero-order valence-corrected chi connectivity index (χ0v) is 10.8. The molecule has 0 bridgehead atoms. The van der Waals surface area contributed by atoms with E-state index >= 15 is 0 Å². The number of hydrogen-bond donors (Lipinski definition) is 0. The zero-order valence-electron chi connectivity index (χ0n) is 9.94. The molecule has 4 nitrogen and oxygen atoms in total. The molecular formula is C13H14O4S. The normalized spacial score (nSPS) is 22.9. The third-order valence-corrected chi connectivity index (χ3v) is 4.62. The molecule has 0 N–H and O–H groups in total. The summed E-state index contributed by atoms with van der Waals surface area (Å²) in [5.41, 5.74) is 0.537. The van der Waals surface area contributed by atoms with Gasteiger partial charge in [-0.1, -0.05) is 0 Å². The van der Waals surface area contributed by atoms with Crippen molar-refractivity contribution >= 4 is 16.6 Å². The number of ether oxygens (including phenoxy) is 2. The van der Waals surface area contributed by atoms with Gasteiger partial charge in [0.25, 0.3) is 0 Å². The maximum atomic E-state index is 12.1. The van der Waals surface area contributed by atoms with Crippen LogP contribution in [0.3, 0.4) is 0 Å². The fourth-order valence-corrected chi connectivity index (χ4v) is 3.49. The van der Waals surface area contributed by atoms with Crippen LogP contribution in [0.1, 0.15) is 29.6 Å². The van der Waals surface area contributed by atoms with E-state index in [0.29, 0.717) is 53.8 Å². The van der Waals surface area contributed by atoms with E-state index in [2.05, 4.69) is 0 Å². The highest BCUT2D eigenvalue weighted by molar-refractivity contribution is 7.85. The van der Waals surface area contributed by atoms with E-state index in [1.807, 2.05) is 0 Å². The molecule has 0 saturated carbocycles. The second-order valence-corrected chi connectivity index (χ2v) is 5.96. The molecule has 1 atom stereocenters. The number of ketones is 1. The highest BCUT2D eigenvalue weighted by Gasteiger charge is 2.24. The molecule has 3 rings (SSSR count). The van der Waals surface area contributed by atoms with Crippen molar-refractivity contribution in [2.24, 2.45) is 0 Å². The van der Waals surface area contributed by atoms with Crippen LogP contribution < -0.4 is 9.47 Å². The van der Waals surface area contributed by atoms with Crippen LogP contribution in [0.5, 0.6) is 11.5 Å². The average molecular weight is 266 g/mol. The van der Waals surface area contributed by atoms with Gasteiger partial charge in [0.15, 0.2) is 17.3 Å². The van der Waals surface area contributed by atoms with Gasteiger partial charge in [0.05, 0.1) is 28.9 Å². The summed E-state index contributed by atoms with van der Waals surface area (Å²) in [5.74, 6) is 1.79. The van der Waals surface area contributed by atoms with Crippen molar-refractivity contribution in [3.63, 3.8) is 0 Å². The van der Waals surface area contributed by atoms with Crippen molar-refractivity contribution in [1.82, 2.24) is 0 Å². The number of rotatable bonds is 0. The topological polar surface area (TPSA) is 52.6 Å².